The highest BCUT2D eigenvalue weighted by Gasteiger charge is 2.24. The molecule has 0 saturated carbocycles. The molecule has 28 heavy (non-hydrogen) atoms. The minimum atomic E-state index is -0.902. The summed E-state index contributed by atoms with van der Waals surface area (Å²) in [5.74, 6) is 0.0223. The van der Waals surface area contributed by atoms with Gasteiger partial charge in [-0.25, -0.2) is 9.59 Å². The fourth-order valence-electron chi connectivity index (χ4n) is 2.15. The highest BCUT2D eigenvalue weighted by atomic mass is 35.5. The van der Waals surface area contributed by atoms with E-state index in [2.05, 4.69) is 5.32 Å². The Labute approximate surface area is 182 Å². The number of hydrogen-bond acceptors (Lipinski definition) is 5. The molecule has 0 heterocycles. The zero-order chi connectivity index (χ0) is 20.5. The first-order valence-electron chi connectivity index (χ1n) is 8.23. The Morgan fingerprint density at radius 2 is 1.75 bits per heavy atom. The smallest absolute Gasteiger partial charge is 0.408 e. The molecule has 0 radical (unpaired) electrons. The Bertz CT molecular complexity index is 820. The van der Waals surface area contributed by atoms with Crippen molar-refractivity contribution in [3.05, 3.63) is 63.1 Å². The monoisotopic (exact) mass is 461 g/mol. The van der Waals surface area contributed by atoms with Crippen molar-refractivity contribution >= 4 is 58.6 Å². The molecule has 0 aliphatic carbocycles. The van der Waals surface area contributed by atoms with Gasteiger partial charge in [0.1, 0.15) is 12.6 Å². The summed E-state index contributed by atoms with van der Waals surface area (Å²) in [6.07, 6.45) is 1.54. The number of thioether (sulfide) groups is 1. The minimum Gasteiger partial charge on any atom is -0.445 e. The number of carbonyl (C=O) groups excluding carboxylic acids is 2. The Kier molecular flexibility index (Phi) is 9.25. The van der Waals surface area contributed by atoms with Gasteiger partial charge in [0.25, 0.3) is 0 Å². The van der Waals surface area contributed by atoms with Crippen LogP contribution in [0.1, 0.15) is 12.0 Å². The summed E-state index contributed by atoms with van der Waals surface area (Å²) in [5.41, 5.74) is 0.837. The molecule has 1 atom stereocenters. The van der Waals surface area contributed by atoms with E-state index >= 15 is 0 Å². The molecule has 0 spiro atoms. The molecule has 0 fully saturated rings. The van der Waals surface area contributed by atoms with Gasteiger partial charge < -0.3 is 14.8 Å². The molecule has 0 bridgehead atoms. The van der Waals surface area contributed by atoms with Gasteiger partial charge in [0.05, 0.1) is 15.1 Å². The second-order valence-electron chi connectivity index (χ2n) is 5.66. The summed E-state index contributed by atoms with van der Waals surface area (Å²) in [7, 11) is 0. The fourth-order valence-corrected chi connectivity index (χ4v) is 3.20. The first kappa shape index (κ1) is 22.7. The molecule has 2 rings (SSSR count). The van der Waals surface area contributed by atoms with Gasteiger partial charge in [-0.2, -0.15) is 11.8 Å². The SMILES string of the molecule is CSCC[C@H](NC(=O)OCc1ccccc1)C(=O)Oc1cc(Cl)c(Cl)cc1Cl. The number of nitrogens with one attached hydrogen (secondary N) is 1. The predicted octanol–water partition coefficient (Wildman–Crippen LogP) is 5.60. The van der Waals surface area contributed by atoms with Crippen LogP contribution in [0, 0.1) is 0 Å². The number of halogens is 3. The summed E-state index contributed by atoms with van der Waals surface area (Å²) in [6.45, 7) is 0.0928. The lowest BCUT2D eigenvalue weighted by molar-refractivity contribution is -0.136. The van der Waals surface area contributed by atoms with Crippen LogP contribution in [0.5, 0.6) is 5.75 Å². The number of carbonyl (C=O) groups is 2. The second-order valence-corrected chi connectivity index (χ2v) is 7.87. The normalized spacial score (nSPS) is 11.6. The molecule has 2 aromatic rings. The number of esters is 1. The van der Waals surface area contributed by atoms with Gasteiger partial charge in [-0.15, -0.1) is 0 Å². The maximum atomic E-state index is 12.5. The number of rotatable bonds is 8. The first-order valence-corrected chi connectivity index (χ1v) is 10.8. The average Bonchev–Trinajstić information content (AvgIpc) is 2.68. The summed E-state index contributed by atoms with van der Waals surface area (Å²) in [5, 5.41) is 3.12. The average molecular weight is 463 g/mol. The maximum Gasteiger partial charge on any atom is 0.408 e. The molecule has 1 N–H and O–H groups in total. The predicted molar refractivity (Wildman–Crippen MR) is 114 cm³/mol. The lowest BCUT2D eigenvalue weighted by Crippen LogP contribution is -2.43. The number of ether oxygens (including phenoxy) is 2. The summed E-state index contributed by atoms with van der Waals surface area (Å²) in [6, 6.07) is 11.0. The van der Waals surface area contributed by atoms with Crippen molar-refractivity contribution in [2.75, 3.05) is 12.0 Å². The molecular weight excluding hydrogens is 445 g/mol. The van der Waals surface area contributed by atoms with Crippen LogP contribution in [-0.2, 0) is 16.1 Å². The highest BCUT2D eigenvalue weighted by Crippen LogP contribution is 2.34. The molecule has 0 aliphatic heterocycles. The van der Waals surface area contributed by atoms with Crippen LogP contribution >= 0.6 is 46.6 Å². The molecule has 0 aliphatic rings. The van der Waals surface area contributed by atoms with Gasteiger partial charge >= 0.3 is 12.1 Å². The van der Waals surface area contributed by atoms with E-state index in [4.69, 9.17) is 44.3 Å². The van der Waals surface area contributed by atoms with Crippen LogP contribution in [0.15, 0.2) is 42.5 Å². The molecule has 0 unspecified atom stereocenters. The number of alkyl carbamates (subject to hydrolysis) is 1. The zero-order valence-corrected chi connectivity index (χ0v) is 18.0. The number of benzene rings is 2. The van der Waals surface area contributed by atoms with Crippen LogP contribution < -0.4 is 10.1 Å². The molecular formula is C19H18Cl3NO4S. The van der Waals surface area contributed by atoms with Gasteiger partial charge in [-0.1, -0.05) is 65.1 Å². The van der Waals surface area contributed by atoms with E-state index in [-0.39, 0.29) is 27.4 Å². The lowest BCUT2D eigenvalue weighted by Gasteiger charge is -2.18. The first-order chi connectivity index (χ1) is 13.4. The van der Waals surface area contributed by atoms with E-state index in [1.165, 1.54) is 23.9 Å². The van der Waals surface area contributed by atoms with E-state index in [9.17, 15) is 9.59 Å². The third-order valence-electron chi connectivity index (χ3n) is 3.59. The van der Waals surface area contributed by atoms with E-state index in [0.29, 0.717) is 12.2 Å². The van der Waals surface area contributed by atoms with E-state index in [1.54, 1.807) is 0 Å². The standard InChI is InChI=1S/C19H18Cl3NO4S/c1-28-8-7-16(23-19(25)26-11-12-5-3-2-4-6-12)18(24)27-17-10-14(21)13(20)9-15(17)22/h2-6,9-10,16H,7-8,11H2,1H3,(H,23,25)/t16-/m0/s1. The Morgan fingerprint density at radius 1 is 1.07 bits per heavy atom. The van der Waals surface area contributed by atoms with Crippen LogP contribution in [0.3, 0.4) is 0 Å². The largest absolute Gasteiger partial charge is 0.445 e. The molecule has 0 aromatic heterocycles. The molecule has 0 saturated heterocycles. The Hall–Kier alpha value is -1.60. The van der Waals surface area contributed by atoms with Gasteiger partial charge in [0.15, 0.2) is 5.75 Å². The Balaban J connectivity index is 2.00. The Morgan fingerprint density at radius 3 is 2.43 bits per heavy atom. The van der Waals surface area contributed by atoms with Crippen molar-refractivity contribution < 1.29 is 19.1 Å². The second kappa shape index (κ2) is 11.4. The van der Waals surface area contributed by atoms with Crippen molar-refractivity contribution in [2.45, 2.75) is 19.1 Å². The van der Waals surface area contributed by atoms with Crippen LogP contribution in [0.25, 0.3) is 0 Å². The van der Waals surface area contributed by atoms with Crippen molar-refractivity contribution in [1.29, 1.82) is 0 Å². The third kappa shape index (κ3) is 7.09. The number of hydrogen-bond donors (Lipinski definition) is 1. The van der Waals surface area contributed by atoms with Crippen molar-refractivity contribution in [2.24, 2.45) is 0 Å². The third-order valence-corrected chi connectivity index (χ3v) is 5.25. The lowest BCUT2D eigenvalue weighted by atomic mass is 10.2. The maximum absolute atomic E-state index is 12.5. The van der Waals surface area contributed by atoms with Crippen molar-refractivity contribution in [3.8, 4) is 5.75 Å². The van der Waals surface area contributed by atoms with Gasteiger partial charge in [-0.05, 0) is 30.1 Å². The van der Waals surface area contributed by atoms with Gasteiger partial charge in [0, 0.05) is 6.07 Å². The van der Waals surface area contributed by atoms with Crippen LogP contribution in [-0.4, -0.2) is 30.1 Å². The van der Waals surface area contributed by atoms with E-state index in [1.807, 2.05) is 36.6 Å². The van der Waals surface area contributed by atoms with Crippen LogP contribution in [0.4, 0.5) is 4.79 Å². The summed E-state index contributed by atoms with van der Waals surface area (Å²) in [4.78, 5) is 24.6. The van der Waals surface area contributed by atoms with Crippen molar-refractivity contribution in [1.82, 2.24) is 5.32 Å². The molecule has 150 valence electrons. The molecule has 1 amide bonds. The molecule has 2 aromatic carbocycles. The summed E-state index contributed by atoms with van der Waals surface area (Å²) >= 11 is 19.4. The van der Waals surface area contributed by atoms with Gasteiger partial charge in [-0.3, -0.25) is 0 Å². The number of amides is 1. The summed E-state index contributed by atoms with van der Waals surface area (Å²) < 4.78 is 10.5. The fraction of sp³-hybridized carbons (Fsp3) is 0.263. The molecule has 5 nitrogen and oxygen atoms in total. The minimum absolute atomic E-state index is 0.0645. The van der Waals surface area contributed by atoms with Crippen LogP contribution in [0.2, 0.25) is 15.1 Å². The zero-order valence-electron chi connectivity index (χ0n) is 14.9. The highest BCUT2D eigenvalue weighted by molar-refractivity contribution is 7.98. The van der Waals surface area contributed by atoms with Gasteiger partial charge in [0.2, 0.25) is 0 Å². The molecule has 9 heteroatoms. The van der Waals surface area contributed by atoms with E-state index < -0.39 is 18.1 Å². The van der Waals surface area contributed by atoms with E-state index in [0.717, 1.165) is 5.56 Å². The quantitative estimate of drug-likeness (QED) is 0.314. The topological polar surface area (TPSA) is 64.6 Å². The van der Waals surface area contributed by atoms with Crippen molar-refractivity contribution in [3.63, 3.8) is 0 Å².